The molecule has 2 rings (SSSR count). The van der Waals surface area contributed by atoms with E-state index in [0.29, 0.717) is 0 Å². The lowest BCUT2D eigenvalue weighted by molar-refractivity contribution is 0.679. The molecule has 1 aromatic heterocycles. The molecule has 18 heavy (non-hydrogen) atoms. The summed E-state index contributed by atoms with van der Waals surface area (Å²) in [4.78, 5) is 4.54. The first kappa shape index (κ1) is 12.6. The van der Waals surface area contributed by atoms with E-state index in [9.17, 15) is 0 Å². The van der Waals surface area contributed by atoms with Crippen molar-refractivity contribution in [2.75, 3.05) is 0 Å². The molecule has 1 nitrogen and oxygen atoms in total. The normalized spacial score (nSPS) is 10.1. The largest absolute Gasteiger partial charge is 0.239 e. The average Bonchev–Trinajstić information content (AvgIpc) is 2.42. The van der Waals surface area contributed by atoms with E-state index in [1.807, 2.05) is 24.3 Å². The molecule has 0 aliphatic rings. The highest BCUT2D eigenvalue weighted by Gasteiger charge is 1.94. The number of fused-ring (bicyclic) bond motifs is 1. The van der Waals surface area contributed by atoms with Crippen molar-refractivity contribution in [2.45, 2.75) is 39.0 Å². The van der Waals surface area contributed by atoms with Crippen molar-refractivity contribution < 1.29 is 0 Å². The van der Waals surface area contributed by atoms with Crippen LogP contribution in [-0.2, 0) is 0 Å². The van der Waals surface area contributed by atoms with Gasteiger partial charge in [0.2, 0.25) is 0 Å². The second-order valence-electron chi connectivity index (χ2n) is 4.50. The molecular weight excluding hydrogens is 218 g/mol. The standard InChI is InChI=1S/C17H19N/c1-2-3-4-5-6-7-11-16-14-13-15-10-8-9-12-17(15)18-16/h8-10,12-14H,2-6H2,1H3. The van der Waals surface area contributed by atoms with Gasteiger partial charge in [0.15, 0.2) is 0 Å². The van der Waals surface area contributed by atoms with Gasteiger partial charge in [0.25, 0.3) is 0 Å². The van der Waals surface area contributed by atoms with Crippen molar-refractivity contribution in [1.82, 2.24) is 4.98 Å². The van der Waals surface area contributed by atoms with Gasteiger partial charge in [-0.25, -0.2) is 4.98 Å². The molecular formula is C17H19N. The maximum atomic E-state index is 4.54. The molecule has 0 amide bonds. The third-order valence-corrected chi connectivity index (χ3v) is 2.97. The molecule has 0 aliphatic heterocycles. The van der Waals surface area contributed by atoms with E-state index < -0.39 is 0 Å². The number of para-hydroxylation sites is 1. The Labute approximate surface area is 109 Å². The second kappa shape index (κ2) is 6.81. The Morgan fingerprint density at radius 2 is 1.89 bits per heavy atom. The van der Waals surface area contributed by atoms with Crippen molar-refractivity contribution in [3.05, 3.63) is 42.1 Å². The van der Waals surface area contributed by atoms with Crippen molar-refractivity contribution >= 4 is 10.9 Å². The zero-order valence-electron chi connectivity index (χ0n) is 10.9. The lowest BCUT2D eigenvalue weighted by Crippen LogP contribution is -1.83. The fourth-order valence-corrected chi connectivity index (χ4v) is 1.93. The van der Waals surface area contributed by atoms with Gasteiger partial charge in [-0.1, -0.05) is 56.4 Å². The molecule has 1 heteroatoms. The Kier molecular flexibility index (Phi) is 4.78. The van der Waals surface area contributed by atoms with E-state index in [4.69, 9.17) is 0 Å². The topological polar surface area (TPSA) is 12.9 Å². The van der Waals surface area contributed by atoms with Crippen LogP contribution in [0.3, 0.4) is 0 Å². The van der Waals surface area contributed by atoms with E-state index in [1.165, 1.54) is 31.1 Å². The smallest absolute Gasteiger partial charge is 0.113 e. The molecule has 0 fully saturated rings. The van der Waals surface area contributed by atoms with Crippen LogP contribution < -0.4 is 0 Å². The van der Waals surface area contributed by atoms with E-state index in [-0.39, 0.29) is 0 Å². The van der Waals surface area contributed by atoms with Gasteiger partial charge < -0.3 is 0 Å². The molecule has 92 valence electrons. The van der Waals surface area contributed by atoms with Crippen LogP contribution in [0.15, 0.2) is 36.4 Å². The summed E-state index contributed by atoms with van der Waals surface area (Å²) in [6.07, 6.45) is 6.06. The molecule has 0 bridgehead atoms. The van der Waals surface area contributed by atoms with Crippen LogP contribution in [0, 0.1) is 11.8 Å². The molecule has 0 atom stereocenters. The predicted octanol–water partition coefficient (Wildman–Crippen LogP) is 4.56. The van der Waals surface area contributed by atoms with Crippen LogP contribution in [0.2, 0.25) is 0 Å². The predicted molar refractivity (Wildman–Crippen MR) is 77.4 cm³/mol. The highest BCUT2D eigenvalue weighted by molar-refractivity contribution is 5.78. The minimum atomic E-state index is 0.879. The lowest BCUT2D eigenvalue weighted by atomic mass is 10.1. The Morgan fingerprint density at radius 1 is 1.00 bits per heavy atom. The molecule has 0 unspecified atom stereocenters. The van der Waals surface area contributed by atoms with Gasteiger partial charge in [-0.15, -0.1) is 0 Å². The van der Waals surface area contributed by atoms with Crippen LogP contribution in [-0.4, -0.2) is 4.98 Å². The Balaban J connectivity index is 1.97. The number of aromatic nitrogens is 1. The van der Waals surface area contributed by atoms with Crippen molar-refractivity contribution in [2.24, 2.45) is 0 Å². The monoisotopic (exact) mass is 237 g/mol. The summed E-state index contributed by atoms with van der Waals surface area (Å²) in [5, 5.41) is 1.17. The summed E-state index contributed by atoms with van der Waals surface area (Å²) in [6, 6.07) is 12.2. The first-order chi connectivity index (χ1) is 8.90. The first-order valence-electron chi connectivity index (χ1n) is 6.75. The quantitative estimate of drug-likeness (QED) is 0.561. The summed E-state index contributed by atoms with van der Waals surface area (Å²) in [5.74, 6) is 6.37. The molecule has 1 aromatic carbocycles. The van der Waals surface area contributed by atoms with E-state index in [1.54, 1.807) is 0 Å². The molecule has 0 saturated heterocycles. The number of unbranched alkanes of at least 4 members (excludes halogenated alkanes) is 4. The van der Waals surface area contributed by atoms with Crippen LogP contribution >= 0.6 is 0 Å². The van der Waals surface area contributed by atoms with Gasteiger partial charge in [0, 0.05) is 11.8 Å². The van der Waals surface area contributed by atoms with Gasteiger partial charge in [-0.05, 0) is 24.5 Å². The minimum absolute atomic E-state index is 0.879. The van der Waals surface area contributed by atoms with E-state index in [2.05, 4.69) is 35.9 Å². The number of pyridine rings is 1. The summed E-state index contributed by atoms with van der Waals surface area (Å²) < 4.78 is 0. The fraction of sp³-hybridized carbons (Fsp3) is 0.353. The molecule has 2 aromatic rings. The van der Waals surface area contributed by atoms with E-state index >= 15 is 0 Å². The van der Waals surface area contributed by atoms with Crippen LogP contribution in [0.5, 0.6) is 0 Å². The van der Waals surface area contributed by atoms with Gasteiger partial charge in [-0.2, -0.15) is 0 Å². The fourth-order valence-electron chi connectivity index (χ4n) is 1.93. The number of nitrogens with zero attached hydrogens (tertiary/aromatic N) is 1. The Hall–Kier alpha value is -1.81. The van der Waals surface area contributed by atoms with Gasteiger partial charge >= 0.3 is 0 Å². The van der Waals surface area contributed by atoms with Crippen molar-refractivity contribution in [1.29, 1.82) is 0 Å². The third-order valence-electron chi connectivity index (χ3n) is 2.97. The summed E-state index contributed by atoms with van der Waals surface area (Å²) >= 11 is 0. The number of hydrogen-bond acceptors (Lipinski definition) is 1. The lowest BCUT2D eigenvalue weighted by Gasteiger charge is -1.96. The zero-order chi connectivity index (χ0) is 12.6. The van der Waals surface area contributed by atoms with Crippen molar-refractivity contribution in [3.8, 4) is 11.8 Å². The van der Waals surface area contributed by atoms with Crippen LogP contribution in [0.4, 0.5) is 0 Å². The van der Waals surface area contributed by atoms with Crippen LogP contribution in [0.1, 0.15) is 44.7 Å². The average molecular weight is 237 g/mol. The van der Waals surface area contributed by atoms with Gasteiger partial charge in [0.1, 0.15) is 5.69 Å². The Morgan fingerprint density at radius 3 is 2.78 bits per heavy atom. The molecule has 0 saturated carbocycles. The molecule has 0 radical (unpaired) electrons. The highest BCUT2D eigenvalue weighted by Crippen LogP contribution is 2.11. The van der Waals surface area contributed by atoms with Crippen LogP contribution in [0.25, 0.3) is 10.9 Å². The van der Waals surface area contributed by atoms with Gasteiger partial charge in [0.05, 0.1) is 5.52 Å². The number of benzene rings is 1. The minimum Gasteiger partial charge on any atom is -0.239 e. The first-order valence-corrected chi connectivity index (χ1v) is 6.75. The SMILES string of the molecule is CCCCCCC#Cc1ccc2ccccc2n1. The highest BCUT2D eigenvalue weighted by atomic mass is 14.7. The Bertz CT molecular complexity index is 560. The summed E-state index contributed by atoms with van der Waals surface area (Å²) in [7, 11) is 0. The van der Waals surface area contributed by atoms with E-state index in [0.717, 1.165) is 17.6 Å². The third kappa shape index (κ3) is 3.60. The molecule has 1 heterocycles. The van der Waals surface area contributed by atoms with Gasteiger partial charge in [-0.3, -0.25) is 0 Å². The van der Waals surface area contributed by atoms with Crippen molar-refractivity contribution in [3.63, 3.8) is 0 Å². The summed E-state index contributed by atoms with van der Waals surface area (Å²) in [6.45, 7) is 2.23. The molecule has 0 N–H and O–H groups in total. The molecule has 0 aliphatic carbocycles. The second-order valence-corrected chi connectivity index (χ2v) is 4.50. The maximum absolute atomic E-state index is 4.54. The summed E-state index contributed by atoms with van der Waals surface area (Å²) in [5.41, 5.74) is 1.90. The molecule has 0 spiro atoms. The number of rotatable bonds is 4. The zero-order valence-corrected chi connectivity index (χ0v) is 10.9. The number of hydrogen-bond donors (Lipinski definition) is 0. The maximum Gasteiger partial charge on any atom is 0.113 e.